The first-order valence-corrected chi connectivity index (χ1v) is 7.39. The van der Waals surface area contributed by atoms with Gasteiger partial charge in [0.25, 0.3) is 0 Å². The van der Waals surface area contributed by atoms with Gasteiger partial charge in [-0.2, -0.15) is 0 Å². The topological polar surface area (TPSA) is 0 Å². The van der Waals surface area contributed by atoms with Crippen LogP contribution in [0.3, 0.4) is 0 Å². The number of halogens is 2. The molecule has 2 aromatic carbocycles. The average Bonchev–Trinajstić information content (AvgIpc) is 3.13. The van der Waals surface area contributed by atoms with Crippen molar-refractivity contribution >= 4 is 5.57 Å². The van der Waals surface area contributed by atoms with Crippen LogP contribution in [0.15, 0.2) is 48.6 Å². The second-order valence-electron chi connectivity index (χ2n) is 5.57. The summed E-state index contributed by atoms with van der Waals surface area (Å²) in [7, 11) is 0. The van der Waals surface area contributed by atoms with Crippen molar-refractivity contribution in [1.29, 1.82) is 0 Å². The molecule has 0 aromatic heterocycles. The van der Waals surface area contributed by atoms with Crippen molar-refractivity contribution in [3.8, 4) is 11.1 Å². The SMILES string of the molecule is CCc1cc2c([c-]c1C1=CC=CC1)Cc1ccccc1-2.[Cl-].[Cl-].[Zr+3]. The van der Waals surface area contributed by atoms with Crippen LogP contribution in [-0.2, 0) is 39.0 Å². The summed E-state index contributed by atoms with van der Waals surface area (Å²) in [4.78, 5) is 0. The maximum Gasteiger partial charge on any atom is 3.00 e. The van der Waals surface area contributed by atoms with Crippen LogP contribution in [0.2, 0.25) is 0 Å². The zero-order valence-electron chi connectivity index (χ0n) is 13.0. The minimum atomic E-state index is 0. The Hall–Kier alpha value is -0.617. The molecule has 0 saturated heterocycles. The summed E-state index contributed by atoms with van der Waals surface area (Å²) in [6.07, 6.45) is 9.77. The molecule has 3 heteroatoms. The van der Waals surface area contributed by atoms with Crippen molar-refractivity contribution in [1.82, 2.24) is 0 Å². The van der Waals surface area contributed by atoms with Crippen LogP contribution in [0.1, 0.15) is 35.6 Å². The van der Waals surface area contributed by atoms with Crippen molar-refractivity contribution in [3.05, 3.63) is 76.9 Å². The van der Waals surface area contributed by atoms with E-state index in [1.54, 1.807) is 0 Å². The number of hydrogen-bond donors (Lipinski definition) is 0. The van der Waals surface area contributed by atoms with Crippen LogP contribution < -0.4 is 24.8 Å². The summed E-state index contributed by atoms with van der Waals surface area (Å²) >= 11 is 0. The number of aryl methyl sites for hydroxylation is 1. The smallest absolute Gasteiger partial charge is 1.00 e. The third kappa shape index (κ3) is 3.58. The summed E-state index contributed by atoms with van der Waals surface area (Å²) < 4.78 is 0. The predicted molar refractivity (Wildman–Crippen MR) is 84.6 cm³/mol. The standard InChI is InChI=1S/C20H17.2ClH.Zr/c1-2-14-12-20-17(11-16-9-5-6-10-18(16)20)13-19(14)15-7-3-4-8-15;;;/h3-7,9-10,12H,2,8,11H2,1H3;2*1H;/q-1;;;+3/p-2. The molecule has 0 saturated carbocycles. The van der Waals surface area contributed by atoms with Crippen molar-refractivity contribution in [2.24, 2.45) is 0 Å². The van der Waals surface area contributed by atoms with E-state index in [-0.39, 0.29) is 51.0 Å². The van der Waals surface area contributed by atoms with Crippen LogP contribution >= 0.6 is 0 Å². The van der Waals surface area contributed by atoms with Gasteiger partial charge in [0.1, 0.15) is 0 Å². The molecule has 0 aliphatic heterocycles. The first-order chi connectivity index (χ1) is 9.86. The van der Waals surface area contributed by atoms with Crippen molar-refractivity contribution in [2.45, 2.75) is 26.2 Å². The van der Waals surface area contributed by atoms with E-state index in [4.69, 9.17) is 0 Å². The van der Waals surface area contributed by atoms with E-state index in [1.807, 2.05) is 0 Å². The molecule has 0 spiro atoms. The summed E-state index contributed by atoms with van der Waals surface area (Å²) in [6, 6.07) is 14.9. The number of hydrogen-bond acceptors (Lipinski definition) is 0. The number of benzene rings is 2. The third-order valence-electron chi connectivity index (χ3n) is 4.39. The van der Waals surface area contributed by atoms with Crippen molar-refractivity contribution in [3.63, 3.8) is 0 Å². The molecular formula is C20H17Cl2Zr. The average molecular weight is 419 g/mol. The summed E-state index contributed by atoms with van der Waals surface area (Å²) in [5.41, 5.74) is 9.79. The monoisotopic (exact) mass is 417 g/mol. The van der Waals surface area contributed by atoms with Crippen LogP contribution in [0.25, 0.3) is 16.7 Å². The van der Waals surface area contributed by atoms with Gasteiger partial charge in [0.05, 0.1) is 0 Å². The van der Waals surface area contributed by atoms with E-state index in [0.717, 1.165) is 19.3 Å². The molecule has 0 fully saturated rings. The molecule has 1 radical (unpaired) electrons. The van der Waals surface area contributed by atoms with E-state index in [0.29, 0.717) is 0 Å². The van der Waals surface area contributed by atoms with Crippen LogP contribution in [0.4, 0.5) is 0 Å². The molecule has 0 amide bonds. The van der Waals surface area contributed by atoms with Gasteiger partial charge in [-0.05, 0) is 18.4 Å². The first-order valence-electron chi connectivity index (χ1n) is 7.39. The first kappa shape index (κ1) is 20.4. The quantitative estimate of drug-likeness (QED) is 0.466. The Labute approximate surface area is 170 Å². The summed E-state index contributed by atoms with van der Waals surface area (Å²) in [6.45, 7) is 2.24. The second kappa shape index (κ2) is 8.47. The van der Waals surface area contributed by atoms with Gasteiger partial charge in [0.15, 0.2) is 0 Å². The third-order valence-corrected chi connectivity index (χ3v) is 4.39. The molecule has 0 nitrogen and oxygen atoms in total. The fourth-order valence-electron chi connectivity index (χ4n) is 3.34. The Balaban J connectivity index is 0.000000882. The van der Waals surface area contributed by atoms with Crippen LogP contribution in [-0.4, -0.2) is 0 Å². The molecule has 2 aromatic rings. The van der Waals surface area contributed by atoms with Gasteiger partial charge >= 0.3 is 26.2 Å². The second-order valence-corrected chi connectivity index (χ2v) is 5.57. The molecule has 2 aliphatic carbocycles. The Morgan fingerprint density at radius 1 is 1.09 bits per heavy atom. The molecule has 0 unspecified atom stereocenters. The zero-order valence-corrected chi connectivity index (χ0v) is 17.0. The van der Waals surface area contributed by atoms with Gasteiger partial charge in [-0.25, -0.2) is 0 Å². The van der Waals surface area contributed by atoms with Gasteiger partial charge < -0.3 is 24.8 Å². The number of fused-ring (bicyclic) bond motifs is 3. The fraction of sp³-hybridized carbons (Fsp3) is 0.200. The Morgan fingerprint density at radius 2 is 1.87 bits per heavy atom. The van der Waals surface area contributed by atoms with Gasteiger partial charge in [-0.3, -0.25) is 0 Å². The predicted octanol–water partition coefficient (Wildman–Crippen LogP) is -1.03. The molecule has 115 valence electrons. The molecular weight excluding hydrogens is 402 g/mol. The maximum absolute atomic E-state index is 3.72. The fourth-order valence-corrected chi connectivity index (χ4v) is 3.34. The minimum absolute atomic E-state index is 0. The van der Waals surface area contributed by atoms with E-state index in [1.165, 1.54) is 39.0 Å². The molecule has 0 bridgehead atoms. The Kier molecular flexibility index (Phi) is 7.52. The van der Waals surface area contributed by atoms with E-state index >= 15 is 0 Å². The van der Waals surface area contributed by atoms with Crippen LogP contribution in [0, 0.1) is 6.07 Å². The molecule has 0 atom stereocenters. The van der Waals surface area contributed by atoms with Gasteiger partial charge in [0.2, 0.25) is 0 Å². The summed E-state index contributed by atoms with van der Waals surface area (Å²) in [5.74, 6) is 0. The van der Waals surface area contributed by atoms with Gasteiger partial charge in [-0.15, -0.1) is 40.5 Å². The normalized spacial score (nSPS) is 13.2. The minimum Gasteiger partial charge on any atom is -1.00 e. The molecule has 0 heterocycles. The van der Waals surface area contributed by atoms with Crippen molar-refractivity contribution in [2.75, 3.05) is 0 Å². The molecule has 4 rings (SSSR count). The van der Waals surface area contributed by atoms with Gasteiger partial charge in [-0.1, -0.05) is 60.9 Å². The summed E-state index contributed by atoms with van der Waals surface area (Å²) in [5, 5.41) is 0. The van der Waals surface area contributed by atoms with E-state index in [9.17, 15) is 0 Å². The van der Waals surface area contributed by atoms with Crippen LogP contribution in [0.5, 0.6) is 0 Å². The number of allylic oxidation sites excluding steroid dienone is 4. The molecule has 2 aliphatic rings. The van der Waals surface area contributed by atoms with Gasteiger partial charge in [0, 0.05) is 0 Å². The molecule has 0 N–H and O–H groups in total. The Bertz CT molecular complexity index is 760. The van der Waals surface area contributed by atoms with Crippen molar-refractivity contribution < 1.29 is 51.0 Å². The maximum atomic E-state index is 3.72. The molecule has 23 heavy (non-hydrogen) atoms. The zero-order chi connectivity index (χ0) is 13.5. The number of rotatable bonds is 2. The largest absolute Gasteiger partial charge is 3.00 e. The van der Waals surface area contributed by atoms with E-state index in [2.05, 4.69) is 61.5 Å². The van der Waals surface area contributed by atoms with E-state index < -0.39 is 0 Å². The Morgan fingerprint density at radius 3 is 2.57 bits per heavy atom.